The van der Waals surface area contributed by atoms with Crippen molar-refractivity contribution in [3.63, 3.8) is 0 Å². The van der Waals surface area contributed by atoms with E-state index in [-0.39, 0.29) is 11.0 Å². The third kappa shape index (κ3) is 2.74. The molecule has 0 amide bonds. The topological polar surface area (TPSA) is 52.1 Å². The second-order valence-electron chi connectivity index (χ2n) is 3.65. The summed E-state index contributed by atoms with van der Waals surface area (Å²) in [5.41, 5.74) is 0.349. The number of carbonyl (C=O) groups excluding carboxylic acids is 1. The maximum atomic E-state index is 12.4. The zero-order valence-electron chi connectivity index (χ0n) is 9.75. The molecule has 0 spiro atoms. The lowest BCUT2D eigenvalue weighted by Crippen LogP contribution is -2.32. The molecule has 1 aliphatic heterocycles. The van der Waals surface area contributed by atoms with Crippen molar-refractivity contribution < 1.29 is 9.53 Å². The lowest BCUT2D eigenvalue weighted by molar-refractivity contribution is 0.0980. The molecule has 4 nitrogen and oxygen atoms in total. The van der Waals surface area contributed by atoms with Crippen molar-refractivity contribution in [1.82, 2.24) is 9.97 Å². The van der Waals surface area contributed by atoms with Crippen LogP contribution in [0.25, 0.3) is 0 Å². The van der Waals surface area contributed by atoms with Gasteiger partial charge in [-0.2, -0.15) is 11.8 Å². The highest BCUT2D eigenvalue weighted by molar-refractivity contribution is 8.07. The molecule has 92 valence electrons. The summed E-state index contributed by atoms with van der Waals surface area (Å²) in [4.78, 5) is 20.5. The molecule has 1 aliphatic rings. The Labute approximate surface area is 109 Å². The van der Waals surface area contributed by atoms with Gasteiger partial charge in [0.1, 0.15) is 0 Å². The van der Waals surface area contributed by atoms with Crippen LogP contribution < -0.4 is 4.74 Å². The van der Waals surface area contributed by atoms with Crippen LogP contribution in [0.2, 0.25) is 0 Å². The van der Waals surface area contributed by atoms with Crippen molar-refractivity contribution in [1.29, 1.82) is 0 Å². The Morgan fingerprint density at radius 2 is 2.06 bits per heavy atom. The summed E-state index contributed by atoms with van der Waals surface area (Å²) in [5, 5.41) is 0.271. The fourth-order valence-electron chi connectivity index (χ4n) is 1.70. The number of ketones is 1. The van der Waals surface area contributed by atoms with Crippen LogP contribution in [-0.4, -0.2) is 44.9 Å². The van der Waals surface area contributed by atoms with Gasteiger partial charge in [0.2, 0.25) is 11.7 Å². The number of aromatic nitrogens is 2. The summed E-state index contributed by atoms with van der Waals surface area (Å²) in [5.74, 6) is 2.46. The van der Waals surface area contributed by atoms with Gasteiger partial charge in [-0.25, -0.2) is 9.97 Å². The highest BCUT2D eigenvalue weighted by Crippen LogP contribution is 2.33. The van der Waals surface area contributed by atoms with E-state index in [0.717, 1.165) is 11.5 Å². The van der Waals surface area contributed by atoms with Gasteiger partial charge >= 0.3 is 0 Å². The van der Waals surface area contributed by atoms with E-state index in [9.17, 15) is 4.79 Å². The Hall–Kier alpha value is -0.750. The Morgan fingerprint density at radius 1 is 1.35 bits per heavy atom. The second kappa shape index (κ2) is 5.73. The smallest absolute Gasteiger partial charge is 0.243 e. The number of ether oxygens (including phenoxy) is 1. The molecule has 0 N–H and O–H groups in total. The van der Waals surface area contributed by atoms with E-state index in [1.165, 1.54) is 19.5 Å². The molecule has 1 aromatic rings. The average molecular weight is 270 g/mol. The summed E-state index contributed by atoms with van der Waals surface area (Å²) >= 11 is 3.53. The Morgan fingerprint density at radius 3 is 2.76 bits per heavy atom. The molecule has 6 heteroatoms. The number of rotatable bonds is 3. The van der Waals surface area contributed by atoms with Crippen LogP contribution in [0.5, 0.6) is 5.88 Å². The van der Waals surface area contributed by atoms with Crippen molar-refractivity contribution in [2.45, 2.75) is 17.4 Å². The SMILES string of the molecule is COc1nccnc1C(=O)C1SCCSC1C. The largest absolute Gasteiger partial charge is 0.479 e. The molecule has 0 aromatic carbocycles. The predicted molar refractivity (Wildman–Crippen MR) is 71.1 cm³/mol. The predicted octanol–water partition coefficient (Wildman–Crippen LogP) is 1.90. The van der Waals surface area contributed by atoms with Crippen LogP contribution >= 0.6 is 23.5 Å². The van der Waals surface area contributed by atoms with E-state index in [1.807, 2.05) is 11.8 Å². The molecule has 2 rings (SSSR count). The lowest BCUT2D eigenvalue weighted by atomic mass is 10.1. The number of hydrogen-bond acceptors (Lipinski definition) is 6. The summed E-state index contributed by atoms with van der Waals surface area (Å²) in [6.45, 7) is 2.09. The van der Waals surface area contributed by atoms with Gasteiger partial charge in [0.25, 0.3) is 0 Å². The highest BCUT2D eigenvalue weighted by Gasteiger charge is 2.32. The van der Waals surface area contributed by atoms with Crippen LogP contribution in [0.1, 0.15) is 17.4 Å². The van der Waals surface area contributed by atoms with Crippen molar-refractivity contribution in [3.8, 4) is 5.88 Å². The van der Waals surface area contributed by atoms with Gasteiger partial charge in [0, 0.05) is 29.1 Å². The van der Waals surface area contributed by atoms with Gasteiger partial charge in [0.15, 0.2) is 5.69 Å². The molecule has 0 saturated carbocycles. The standard InChI is InChI=1S/C11H14N2O2S2/c1-7-10(17-6-5-16-7)9(14)8-11(15-2)13-4-3-12-8/h3-4,7,10H,5-6H2,1-2H3. The normalized spacial score (nSPS) is 24.4. The molecule has 1 fully saturated rings. The van der Waals surface area contributed by atoms with Crippen LogP contribution in [-0.2, 0) is 0 Å². The summed E-state index contributed by atoms with van der Waals surface area (Å²) in [6, 6.07) is 0. The van der Waals surface area contributed by atoms with Crippen molar-refractivity contribution in [2.24, 2.45) is 0 Å². The van der Waals surface area contributed by atoms with Gasteiger partial charge in [0.05, 0.1) is 12.4 Å². The summed E-state index contributed by atoms with van der Waals surface area (Å²) in [6.07, 6.45) is 3.06. The quantitative estimate of drug-likeness (QED) is 0.782. The third-order valence-electron chi connectivity index (χ3n) is 2.54. The van der Waals surface area contributed by atoms with Crippen LogP contribution in [0.3, 0.4) is 0 Å². The number of carbonyl (C=O) groups is 1. The molecular weight excluding hydrogens is 256 g/mol. The van der Waals surface area contributed by atoms with Gasteiger partial charge in [-0.05, 0) is 0 Å². The van der Waals surface area contributed by atoms with E-state index in [1.54, 1.807) is 11.8 Å². The third-order valence-corrected chi connectivity index (χ3v) is 5.63. The molecule has 0 radical (unpaired) electrons. The molecule has 2 heterocycles. The van der Waals surface area contributed by atoms with E-state index in [2.05, 4.69) is 16.9 Å². The Kier molecular flexibility index (Phi) is 4.28. The molecule has 2 unspecified atom stereocenters. The minimum Gasteiger partial charge on any atom is -0.479 e. The van der Waals surface area contributed by atoms with Gasteiger partial charge < -0.3 is 4.74 Å². The Bertz CT molecular complexity index is 414. The van der Waals surface area contributed by atoms with Crippen LogP contribution in [0.4, 0.5) is 0 Å². The summed E-state index contributed by atoms with van der Waals surface area (Å²) in [7, 11) is 1.51. The number of methoxy groups -OCH3 is 1. The minimum atomic E-state index is -0.0423. The van der Waals surface area contributed by atoms with Crippen molar-refractivity contribution in [2.75, 3.05) is 18.6 Å². The minimum absolute atomic E-state index is 0.0275. The number of thioether (sulfide) groups is 2. The first-order valence-corrected chi connectivity index (χ1v) is 7.46. The van der Waals surface area contributed by atoms with Crippen LogP contribution in [0.15, 0.2) is 12.4 Å². The van der Waals surface area contributed by atoms with E-state index in [0.29, 0.717) is 16.8 Å². The Balaban J connectivity index is 2.23. The fraction of sp³-hybridized carbons (Fsp3) is 0.545. The van der Waals surface area contributed by atoms with Crippen molar-refractivity contribution >= 4 is 29.3 Å². The second-order valence-corrected chi connectivity index (χ2v) is 6.38. The van der Waals surface area contributed by atoms with E-state index < -0.39 is 0 Å². The average Bonchev–Trinajstić information content (AvgIpc) is 2.38. The van der Waals surface area contributed by atoms with Crippen LogP contribution in [0, 0.1) is 0 Å². The zero-order valence-corrected chi connectivity index (χ0v) is 11.4. The maximum Gasteiger partial charge on any atom is 0.243 e. The molecule has 1 aromatic heterocycles. The lowest BCUT2D eigenvalue weighted by Gasteiger charge is -2.26. The van der Waals surface area contributed by atoms with Gasteiger partial charge in [-0.3, -0.25) is 4.79 Å². The van der Waals surface area contributed by atoms with E-state index >= 15 is 0 Å². The number of Topliss-reactive ketones (excluding diaryl/α,β-unsaturated/α-hetero) is 1. The van der Waals surface area contributed by atoms with E-state index in [4.69, 9.17) is 4.74 Å². The molecule has 17 heavy (non-hydrogen) atoms. The maximum absolute atomic E-state index is 12.4. The molecular formula is C11H14N2O2S2. The van der Waals surface area contributed by atoms with Gasteiger partial charge in [-0.1, -0.05) is 6.92 Å². The molecule has 0 aliphatic carbocycles. The first-order valence-electron chi connectivity index (χ1n) is 5.36. The monoisotopic (exact) mass is 270 g/mol. The first-order chi connectivity index (χ1) is 8.24. The zero-order chi connectivity index (χ0) is 12.3. The number of nitrogens with zero attached hydrogens (tertiary/aromatic N) is 2. The van der Waals surface area contributed by atoms with Crippen molar-refractivity contribution in [3.05, 3.63) is 18.1 Å². The summed E-state index contributed by atoms with van der Waals surface area (Å²) < 4.78 is 5.08. The van der Waals surface area contributed by atoms with Gasteiger partial charge in [-0.15, -0.1) is 11.8 Å². The number of hydrogen-bond donors (Lipinski definition) is 0. The molecule has 2 atom stereocenters. The highest BCUT2D eigenvalue weighted by atomic mass is 32.2. The molecule has 0 bridgehead atoms. The fourth-order valence-corrected chi connectivity index (χ4v) is 4.40. The molecule has 1 saturated heterocycles. The first kappa shape index (κ1) is 12.7.